The molecule has 0 unspecified atom stereocenters. The van der Waals surface area contributed by atoms with Crippen LogP contribution in [0.2, 0.25) is 0 Å². The molecule has 3 amide bonds. The van der Waals surface area contributed by atoms with E-state index in [1.165, 1.54) is 0 Å². The fourth-order valence-electron chi connectivity index (χ4n) is 3.92. The van der Waals surface area contributed by atoms with E-state index in [9.17, 15) is 14.4 Å². The Kier molecular flexibility index (Phi) is 5.88. The van der Waals surface area contributed by atoms with Gasteiger partial charge in [0.05, 0.1) is 36.2 Å². The minimum Gasteiger partial charge on any atom is -0.378 e. The van der Waals surface area contributed by atoms with Crippen LogP contribution in [0.25, 0.3) is 0 Å². The van der Waals surface area contributed by atoms with Gasteiger partial charge in [-0.3, -0.25) is 19.3 Å². The fraction of sp³-hybridized carbons (Fsp3) is 0.208. The smallest absolute Gasteiger partial charge is 0.262 e. The molecule has 0 aliphatic carbocycles. The summed E-state index contributed by atoms with van der Waals surface area (Å²) in [4.78, 5) is 40.5. The molecule has 1 aromatic heterocycles. The van der Waals surface area contributed by atoms with Crippen molar-refractivity contribution in [2.24, 2.45) is 0 Å². The van der Waals surface area contributed by atoms with Gasteiger partial charge in [0.1, 0.15) is 6.54 Å². The molecule has 2 N–H and O–H groups in total. The van der Waals surface area contributed by atoms with E-state index in [4.69, 9.17) is 4.74 Å². The highest BCUT2D eigenvalue weighted by molar-refractivity contribution is 6.22. The van der Waals surface area contributed by atoms with Gasteiger partial charge in [0.25, 0.3) is 11.8 Å². The third kappa shape index (κ3) is 4.44. The number of hydrogen-bond acceptors (Lipinski definition) is 8. The van der Waals surface area contributed by atoms with Crippen LogP contribution >= 0.6 is 0 Å². The number of rotatable bonds is 6. The van der Waals surface area contributed by atoms with Crippen LogP contribution < -0.4 is 15.5 Å². The average molecular weight is 458 g/mol. The Hall–Kier alpha value is -4.31. The second-order valence-electron chi connectivity index (χ2n) is 7.89. The highest BCUT2D eigenvalue weighted by atomic mass is 16.5. The van der Waals surface area contributed by atoms with E-state index in [0.29, 0.717) is 35.8 Å². The predicted octanol–water partition coefficient (Wildman–Crippen LogP) is 2.29. The Bertz CT molecular complexity index is 1210. The number of morpholine rings is 1. The first kappa shape index (κ1) is 21.5. The maximum Gasteiger partial charge on any atom is 0.262 e. The molecule has 0 saturated carbocycles. The average Bonchev–Trinajstić information content (AvgIpc) is 3.11. The topological polar surface area (TPSA) is 117 Å². The summed E-state index contributed by atoms with van der Waals surface area (Å²) in [5.41, 5.74) is 2.91. The van der Waals surface area contributed by atoms with Crippen molar-refractivity contribution in [1.82, 2.24) is 15.1 Å². The molecule has 2 aliphatic heterocycles. The Morgan fingerprint density at radius 1 is 0.941 bits per heavy atom. The lowest BCUT2D eigenvalue weighted by Gasteiger charge is -2.28. The van der Waals surface area contributed by atoms with Gasteiger partial charge < -0.3 is 20.3 Å². The molecule has 3 aromatic rings. The Labute approximate surface area is 195 Å². The van der Waals surface area contributed by atoms with Gasteiger partial charge in [-0.15, -0.1) is 5.10 Å². The summed E-state index contributed by atoms with van der Waals surface area (Å²) >= 11 is 0. The molecule has 34 heavy (non-hydrogen) atoms. The number of carbonyl (C=O) groups is 3. The van der Waals surface area contributed by atoms with E-state index in [0.717, 1.165) is 29.4 Å². The quantitative estimate of drug-likeness (QED) is 0.541. The number of benzene rings is 2. The molecule has 172 valence electrons. The normalized spacial score (nSPS) is 15.3. The van der Waals surface area contributed by atoms with E-state index < -0.39 is 17.7 Å². The monoisotopic (exact) mass is 458 g/mol. The van der Waals surface area contributed by atoms with Crippen LogP contribution in [0.5, 0.6) is 0 Å². The van der Waals surface area contributed by atoms with Crippen molar-refractivity contribution in [2.75, 3.05) is 48.4 Å². The van der Waals surface area contributed by atoms with Crippen LogP contribution in [0, 0.1) is 0 Å². The third-order valence-electron chi connectivity index (χ3n) is 5.64. The lowest BCUT2D eigenvalue weighted by molar-refractivity contribution is -0.116. The number of imide groups is 1. The van der Waals surface area contributed by atoms with Gasteiger partial charge in [0, 0.05) is 30.5 Å². The maximum atomic E-state index is 12.5. The minimum atomic E-state index is -0.462. The van der Waals surface area contributed by atoms with E-state index in [1.54, 1.807) is 54.7 Å². The largest absolute Gasteiger partial charge is 0.378 e. The van der Waals surface area contributed by atoms with Gasteiger partial charge in [-0.2, -0.15) is 5.10 Å². The van der Waals surface area contributed by atoms with Crippen molar-refractivity contribution in [3.05, 3.63) is 71.9 Å². The van der Waals surface area contributed by atoms with E-state index in [-0.39, 0.29) is 6.54 Å². The number of nitrogens with zero attached hydrogens (tertiary/aromatic N) is 4. The molecule has 0 atom stereocenters. The number of nitrogens with one attached hydrogen (secondary N) is 2. The number of carbonyl (C=O) groups excluding carboxylic acids is 3. The van der Waals surface area contributed by atoms with Gasteiger partial charge in [0.2, 0.25) is 5.91 Å². The lowest BCUT2D eigenvalue weighted by Crippen LogP contribution is -2.37. The Balaban J connectivity index is 1.19. The maximum absolute atomic E-state index is 12.5. The molecule has 1 fully saturated rings. The molecule has 10 nitrogen and oxygen atoms in total. The number of hydrogen-bond donors (Lipinski definition) is 2. The van der Waals surface area contributed by atoms with Crippen molar-refractivity contribution in [3.63, 3.8) is 0 Å². The van der Waals surface area contributed by atoms with Crippen LogP contribution in [0.1, 0.15) is 20.7 Å². The number of anilines is 4. The fourth-order valence-corrected chi connectivity index (χ4v) is 3.92. The highest BCUT2D eigenvalue weighted by Crippen LogP contribution is 2.23. The van der Waals surface area contributed by atoms with Gasteiger partial charge in [-0.25, -0.2) is 0 Å². The third-order valence-corrected chi connectivity index (χ3v) is 5.64. The van der Waals surface area contributed by atoms with Crippen molar-refractivity contribution in [3.8, 4) is 0 Å². The minimum absolute atomic E-state index is 0.316. The van der Waals surface area contributed by atoms with Gasteiger partial charge in [0.15, 0.2) is 5.82 Å². The van der Waals surface area contributed by atoms with Crippen LogP contribution in [-0.4, -0.2) is 65.7 Å². The van der Waals surface area contributed by atoms with Crippen molar-refractivity contribution < 1.29 is 19.1 Å². The predicted molar refractivity (Wildman–Crippen MR) is 125 cm³/mol. The Morgan fingerprint density at radius 3 is 2.26 bits per heavy atom. The first-order valence-electron chi connectivity index (χ1n) is 10.9. The van der Waals surface area contributed by atoms with Crippen molar-refractivity contribution in [1.29, 1.82) is 0 Å². The second-order valence-corrected chi connectivity index (χ2v) is 7.89. The molecule has 1 saturated heterocycles. The zero-order chi connectivity index (χ0) is 23.5. The molecule has 3 heterocycles. The lowest BCUT2D eigenvalue weighted by atomic mass is 10.1. The molecule has 2 aromatic carbocycles. The summed E-state index contributed by atoms with van der Waals surface area (Å²) < 4.78 is 5.39. The summed E-state index contributed by atoms with van der Waals surface area (Å²) in [6.45, 7) is 2.63. The molecule has 0 bridgehead atoms. The van der Waals surface area contributed by atoms with Crippen LogP contribution in [-0.2, 0) is 9.53 Å². The van der Waals surface area contributed by atoms with Gasteiger partial charge >= 0.3 is 0 Å². The van der Waals surface area contributed by atoms with Crippen LogP contribution in [0.3, 0.4) is 0 Å². The first-order valence-corrected chi connectivity index (χ1v) is 10.9. The molecule has 2 aliphatic rings. The van der Waals surface area contributed by atoms with E-state index >= 15 is 0 Å². The first-order chi connectivity index (χ1) is 16.6. The molecule has 0 radical (unpaired) electrons. The number of ether oxygens (including phenoxy) is 1. The van der Waals surface area contributed by atoms with Crippen molar-refractivity contribution >= 4 is 40.6 Å². The summed E-state index contributed by atoms with van der Waals surface area (Å²) in [7, 11) is 0. The number of fused-ring (bicyclic) bond motifs is 1. The summed E-state index contributed by atoms with van der Waals surface area (Å²) in [5, 5.41) is 14.1. The molecular formula is C24H22N6O4. The molecule has 0 spiro atoms. The zero-order valence-corrected chi connectivity index (χ0v) is 18.2. The summed E-state index contributed by atoms with van der Waals surface area (Å²) in [6.07, 6.45) is 1.73. The number of amides is 3. The van der Waals surface area contributed by atoms with Crippen molar-refractivity contribution in [2.45, 2.75) is 0 Å². The van der Waals surface area contributed by atoms with Crippen LogP contribution in [0.4, 0.5) is 22.9 Å². The molecule has 10 heteroatoms. The second kappa shape index (κ2) is 9.28. The van der Waals surface area contributed by atoms with E-state index in [1.807, 2.05) is 6.07 Å². The summed E-state index contributed by atoms with van der Waals surface area (Å²) in [6, 6.07) is 15.5. The SMILES string of the molecule is O=C(CN1C(=O)c2ccccc2C1=O)Nc1ccc(Nc2cc(N3CCOCC3)cnn2)cc1. The molecule has 5 rings (SSSR count). The van der Waals surface area contributed by atoms with Crippen LogP contribution in [0.15, 0.2) is 60.8 Å². The Morgan fingerprint density at radius 2 is 1.59 bits per heavy atom. The zero-order valence-electron chi connectivity index (χ0n) is 18.2. The van der Waals surface area contributed by atoms with Gasteiger partial charge in [-0.05, 0) is 36.4 Å². The number of aromatic nitrogens is 2. The van der Waals surface area contributed by atoms with Gasteiger partial charge in [-0.1, -0.05) is 12.1 Å². The van der Waals surface area contributed by atoms with E-state index in [2.05, 4.69) is 25.7 Å². The molecular weight excluding hydrogens is 436 g/mol. The standard InChI is InChI=1S/C24H22N6O4/c31-22(15-30-23(32)19-3-1-2-4-20(19)24(30)33)27-17-7-5-16(6-8-17)26-21-13-18(14-25-28-21)29-9-11-34-12-10-29/h1-8,13-14H,9-12,15H2,(H,26,28)(H,27,31). The summed E-state index contributed by atoms with van der Waals surface area (Å²) in [5.74, 6) is -0.780. The highest BCUT2D eigenvalue weighted by Gasteiger charge is 2.36.